The van der Waals surface area contributed by atoms with Crippen molar-refractivity contribution in [1.82, 2.24) is 20.0 Å². The molecule has 7 nitrogen and oxygen atoms in total. The molecule has 0 aliphatic heterocycles. The van der Waals surface area contributed by atoms with E-state index in [0.717, 1.165) is 5.56 Å². The van der Waals surface area contributed by atoms with Crippen LogP contribution < -0.4 is 0 Å². The number of pyridine rings is 1. The fraction of sp³-hybridized carbons (Fsp3) is 0.143. The van der Waals surface area contributed by atoms with Gasteiger partial charge in [0.05, 0.1) is 5.56 Å². The summed E-state index contributed by atoms with van der Waals surface area (Å²) >= 11 is 0. The molecule has 0 aliphatic carbocycles. The Bertz CT molecular complexity index is 817. The van der Waals surface area contributed by atoms with Crippen LogP contribution in [0.3, 0.4) is 0 Å². The largest absolute Gasteiger partial charge is 0.504 e. The maximum absolute atomic E-state index is 10.2. The van der Waals surface area contributed by atoms with E-state index >= 15 is 0 Å². The van der Waals surface area contributed by atoms with Gasteiger partial charge in [-0.3, -0.25) is 0 Å². The predicted octanol–water partition coefficient (Wildman–Crippen LogP) is 0.928. The summed E-state index contributed by atoms with van der Waals surface area (Å²) < 4.78 is 0. The monoisotopic (exact) mass is 281 g/mol. The van der Waals surface area contributed by atoms with Crippen molar-refractivity contribution in [3.8, 4) is 17.5 Å². The zero-order valence-electron chi connectivity index (χ0n) is 10.9. The molecule has 2 aromatic heterocycles. The number of rotatable bonds is 3. The van der Waals surface area contributed by atoms with Gasteiger partial charge in [-0.15, -0.1) is 15.0 Å². The molecule has 21 heavy (non-hydrogen) atoms. The van der Waals surface area contributed by atoms with Crippen LogP contribution in [0.4, 0.5) is 0 Å². The number of phenols is 1. The van der Waals surface area contributed by atoms with Crippen molar-refractivity contribution in [1.29, 1.82) is 5.26 Å². The first-order valence-corrected chi connectivity index (χ1v) is 6.28. The number of hydrogen-bond acceptors (Lipinski definition) is 6. The molecule has 0 unspecified atom stereocenters. The fourth-order valence-corrected chi connectivity index (χ4v) is 2.05. The zero-order valence-corrected chi connectivity index (χ0v) is 10.9. The van der Waals surface area contributed by atoms with E-state index in [1.165, 1.54) is 10.9 Å². The summed E-state index contributed by atoms with van der Waals surface area (Å²) in [4.78, 5) is 5.32. The van der Waals surface area contributed by atoms with Crippen LogP contribution in [0, 0.1) is 11.3 Å². The third-order valence-electron chi connectivity index (χ3n) is 3.04. The Balaban J connectivity index is 2.20. The fourth-order valence-electron chi connectivity index (χ4n) is 2.05. The maximum atomic E-state index is 10.2. The summed E-state index contributed by atoms with van der Waals surface area (Å²) in [6, 6.07) is 8.60. The van der Waals surface area contributed by atoms with Gasteiger partial charge in [-0.25, -0.2) is 4.98 Å². The molecule has 0 spiro atoms. The molecule has 0 bridgehead atoms. The van der Waals surface area contributed by atoms with Crippen molar-refractivity contribution in [2.45, 2.75) is 6.42 Å². The topological polar surface area (TPSA) is 108 Å². The van der Waals surface area contributed by atoms with Gasteiger partial charge in [-0.2, -0.15) is 5.26 Å². The molecular formula is C14H11N5O2. The average Bonchev–Trinajstić information content (AvgIpc) is 2.92. The second-order valence-electron chi connectivity index (χ2n) is 4.43. The van der Waals surface area contributed by atoms with Crippen molar-refractivity contribution in [2.24, 2.45) is 0 Å². The van der Waals surface area contributed by atoms with Gasteiger partial charge in [0.1, 0.15) is 17.3 Å². The molecule has 0 saturated heterocycles. The van der Waals surface area contributed by atoms with Crippen molar-refractivity contribution in [3.63, 3.8) is 0 Å². The number of aliphatic hydroxyl groups excluding tert-OH is 1. The van der Waals surface area contributed by atoms with E-state index in [1.807, 2.05) is 6.07 Å². The molecular weight excluding hydrogens is 270 g/mol. The van der Waals surface area contributed by atoms with Gasteiger partial charge < -0.3 is 10.2 Å². The first-order chi connectivity index (χ1) is 10.2. The highest BCUT2D eigenvalue weighted by Gasteiger charge is 2.14. The number of fused-ring (bicyclic) bond motifs is 1. The Morgan fingerprint density at radius 3 is 2.86 bits per heavy atom. The molecule has 3 aromatic rings. The quantitative estimate of drug-likeness (QED) is 0.739. The summed E-state index contributed by atoms with van der Waals surface area (Å²) in [6.07, 6.45) is 1.98. The summed E-state index contributed by atoms with van der Waals surface area (Å²) in [7, 11) is 0. The smallest absolute Gasteiger partial charge is 0.202 e. The number of nitriles is 1. The van der Waals surface area contributed by atoms with Crippen LogP contribution in [0.1, 0.15) is 11.1 Å². The molecule has 104 valence electrons. The van der Waals surface area contributed by atoms with Crippen LogP contribution in [-0.2, 0) is 6.42 Å². The SMILES string of the molecule is N#Cc1cc(CCO)cc(-n2nc3cccnc3n2)c1O. The minimum Gasteiger partial charge on any atom is -0.504 e. The first-order valence-electron chi connectivity index (χ1n) is 6.28. The normalized spacial score (nSPS) is 10.7. The molecule has 0 amide bonds. The highest BCUT2D eigenvalue weighted by molar-refractivity contribution is 5.69. The average molecular weight is 281 g/mol. The van der Waals surface area contributed by atoms with Gasteiger partial charge in [0.25, 0.3) is 0 Å². The van der Waals surface area contributed by atoms with Gasteiger partial charge in [0.2, 0.25) is 5.65 Å². The highest BCUT2D eigenvalue weighted by Crippen LogP contribution is 2.27. The van der Waals surface area contributed by atoms with E-state index in [9.17, 15) is 5.11 Å². The molecule has 1 aromatic carbocycles. The van der Waals surface area contributed by atoms with Crippen LogP contribution >= 0.6 is 0 Å². The van der Waals surface area contributed by atoms with E-state index in [1.54, 1.807) is 24.4 Å². The number of aromatic nitrogens is 4. The predicted molar refractivity (Wildman–Crippen MR) is 73.8 cm³/mol. The van der Waals surface area contributed by atoms with Crippen LogP contribution in [0.2, 0.25) is 0 Å². The van der Waals surface area contributed by atoms with Crippen LogP contribution in [0.15, 0.2) is 30.5 Å². The van der Waals surface area contributed by atoms with Crippen LogP contribution in [-0.4, -0.2) is 36.8 Å². The Hall–Kier alpha value is -2.98. The van der Waals surface area contributed by atoms with Crippen molar-refractivity contribution < 1.29 is 10.2 Å². The lowest BCUT2D eigenvalue weighted by molar-refractivity contribution is 0.299. The molecule has 7 heteroatoms. The summed E-state index contributed by atoms with van der Waals surface area (Å²) in [5, 5.41) is 36.7. The van der Waals surface area contributed by atoms with Gasteiger partial charge >= 0.3 is 0 Å². The number of nitrogens with zero attached hydrogens (tertiary/aromatic N) is 5. The number of aliphatic hydroxyl groups is 1. The molecule has 0 radical (unpaired) electrons. The molecule has 0 fully saturated rings. The minimum absolute atomic E-state index is 0.0504. The van der Waals surface area contributed by atoms with Gasteiger partial charge in [-0.05, 0) is 36.2 Å². The van der Waals surface area contributed by atoms with E-state index in [2.05, 4.69) is 15.2 Å². The minimum atomic E-state index is -0.195. The standard InChI is InChI=1S/C14H11N5O2/c15-8-10-6-9(3-5-20)7-12(13(10)21)19-17-11-2-1-4-16-14(11)18-19/h1-2,4,6-7,20-21H,3,5H2. The van der Waals surface area contributed by atoms with Gasteiger partial charge in [0, 0.05) is 12.8 Å². The van der Waals surface area contributed by atoms with Gasteiger partial charge in [-0.1, -0.05) is 0 Å². The third-order valence-corrected chi connectivity index (χ3v) is 3.04. The van der Waals surface area contributed by atoms with Crippen LogP contribution in [0.25, 0.3) is 16.9 Å². The van der Waals surface area contributed by atoms with Gasteiger partial charge in [0.15, 0.2) is 5.75 Å². The second-order valence-corrected chi connectivity index (χ2v) is 4.43. The van der Waals surface area contributed by atoms with E-state index in [4.69, 9.17) is 10.4 Å². The van der Waals surface area contributed by atoms with Crippen molar-refractivity contribution in [2.75, 3.05) is 6.61 Å². The van der Waals surface area contributed by atoms with Crippen molar-refractivity contribution in [3.05, 3.63) is 41.6 Å². The Labute approximate surface area is 119 Å². The molecule has 2 N–H and O–H groups in total. The number of hydrogen-bond donors (Lipinski definition) is 2. The second kappa shape index (κ2) is 5.19. The Kier molecular flexibility index (Phi) is 3.22. The molecule has 0 saturated carbocycles. The molecule has 0 aliphatic rings. The van der Waals surface area contributed by atoms with E-state index < -0.39 is 0 Å². The third kappa shape index (κ3) is 2.28. The number of aromatic hydroxyl groups is 1. The molecule has 3 rings (SSSR count). The lowest BCUT2D eigenvalue weighted by Crippen LogP contribution is -2.02. The van der Waals surface area contributed by atoms with E-state index in [0.29, 0.717) is 17.6 Å². The molecule has 0 atom stereocenters. The highest BCUT2D eigenvalue weighted by atomic mass is 16.3. The lowest BCUT2D eigenvalue weighted by atomic mass is 10.1. The Morgan fingerprint density at radius 2 is 2.14 bits per heavy atom. The van der Waals surface area contributed by atoms with E-state index in [-0.39, 0.29) is 23.6 Å². The van der Waals surface area contributed by atoms with Crippen LogP contribution in [0.5, 0.6) is 5.75 Å². The summed E-state index contributed by atoms with van der Waals surface area (Å²) in [5.74, 6) is -0.195. The maximum Gasteiger partial charge on any atom is 0.202 e. The first kappa shape index (κ1) is 13.0. The number of phenolic OH excluding ortho intramolecular Hbond substituents is 1. The summed E-state index contributed by atoms with van der Waals surface area (Å²) in [6.45, 7) is -0.0504. The van der Waals surface area contributed by atoms with Crippen molar-refractivity contribution >= 4 is 11.2 Å². The molecule has 2 heterocycles. The lowest BCUT2D eigenvalue weighted by Gasteiger charge is -2.07. The zero-order chi connectivity index (χ0) is 14.8. The summed E-state index contributed by atoms with van der Waals surface area (Å²) in [5.41, 5.74) is 2.16. The number of benzene rings is 1. The Morgan fingerprint density at radius 1 is 1.29 bits per heavy atom.